The monoisotopic (exact) mass is 457 g/mol. The van der Waals surface area contributed by atoms with Crippen molar-refractivity contribution < 1.29 is 34.2 Å². The van der Waals surface area contributed by atoms with E-state index in [9.17, 15) is 24.0 Å². The third kappa shape index (κ3) is 8.37. The molecule has 0 aromatic rings. The van der Waals surface area contributed by atoms with E-state index in [2.05, 4.69) is 15.6 Å². The lowest BCUT2D eigenvalue weighted by Gasteiger charge is -2.29. The second-order valence-electron chi connectivity index (χ2n) is 7.47. The zero-order valence-electron chi connectivity index (χ0n) is 17.8. The first-order chi connectivity index (χ1) is 14.9. The molecule has 10 N–H and O–H groups in total. The van der Waals surface area contributed by atoms with Gasteiger partial charge in [0, 0.05) is 13.1 Å². The Hall–Kier alpha value is -3.42. The molecule has 0 spiro atoms. The van der Waals surface area contributed by atoms with Crippen LogP contribution in [0.1, 0.15) is 39.0 Å². The van der Waals surface area contributed by atoms with Gasteiger partial charge in [-0.15, -0.1) is 0 Å². The van der Waals surface area contributed by atoms with E-state index in [1.54, 1.807) is 0 Å². The molecule has 1 fully saturated rings. The lowest BCUT2D eigenvalue weighted by Crippen LogP contribution is -2.56. The predicted octanol–water partition coefficient (Wildman–Crippen LogP) is -3.09. The topological polar surface area (TPSA) is 244 Å². The third-order valence-electron chi connectivity index (χ3n) is 4.86. The van der Waals surface area contributed by atoms with Crippen LogP contribution in [0.25, 0.3) is 0 Å². The van der Waals surface area contributed by atoms with Crippen LogP contribution in [0.3, 0.4) is 0 Å². The fourth-order valence-electron chi connectivity index (χ4n) is 3.20. The van der Waals surface area contributed by atoms with E-state index in [0.29, 0.717) is 19.3 Å². The van der Waals surface area contributed by atoms with Crippen molar-refractivity contribution in [3.63, 3.8) is 0 Å². The van der Waals surface area contributed by atoms with E-state index in [0.717, 1.165) is 0 Å². The molecule has 180 valence electrons. The van der Waals surface area contributed by atoms with Crippen molar-refractivity contribution in [2.24, 2.45) is 22.2 Å². The smallest absolute Gasteiger partial charge is 0.325 e. The summed E-state index contributed by atoms with van der Waals surface area (Å²) in [6, 6.07) is -4.49. The molecule has 0 bridgehead atoms. The lowest BCUT2D eigenvalue weighted by atomic mass is 10.1. The maximum atomic E-state index is 13.2. The Kier molecular flexibility index (Phi) is 10.3. The average Bonchev–Trinajstić information content (AvgIpc) is 3.18. The fourth-order valence-corrected chi connectivity index (χ4v) is 3.20. The van der Waals surface area contributed by atoms with Gasteiger partial charge in [-0.05, 0) is 32.6 Å². The number of hydrogen-bond donors (Lipinski definition) is 7. The maximum absolute atomic E-state index is 13.2. The Balaban J connectivity index is 2.94. The van der Waals surface area contributed by atoms with E-state index in [1.807, 2.05) is 0 Å². The Labute approximate surface area is 184 Å². The van der Waals surface area contributed by atoms with Crippen LogP contribution in [-0.2, 0) is 24.0 Å². The van der Waals surface area contributed by atoms with Crippen molar-refractivity contribution in [3.05, 3.63) is 0 Å². The number of amides is 3. The molecule has 1 heterocycles. The molecule has 1 aliphatic rings. The molecule has 0 aliphatic carbocycles. The number of carbonyl (C=O) groups excluding carboxylic acids is 3. The van der Waals surface area contributed by atoms with Gasteiger partial charge in [-0.25, -0.2) is 0 Å². The number of aliphatic carboxylic acids is 2. The zero-order valence-corrected chi connectivity index (χ0v) is 17.8. The number of carboxylic acids is 2. The van der Waals surface area contributed by atoms with Crippen molar-refractivity contribution in [2.75, 3.05) is 13.1 Å². The van der Waals surface area contributed by atoms with Crippen LogP contribution in [0.4, 0.5) is 0 Å². The van der Waals surface area contributed by atoms with Gasteiger partial charge in [0.05, 0.1) is 12.5 Å². The van der Waals surface area contributed by atoms with Gasteiger partial charge in [-0.3, -0.25) is 29.0 Å². The summed E-state index contributed by atoms with van der Waals surface area (Å²) in [4.78, 5) is 64.9. The summed E-state index contributed by atoms with van der Waals surface area (Å²) in [6.07, 6.45) is 0.638. The first-order valence-electron chi connectivity index (χ1n) is 10.1. The molecule has 0 saturated carbocycles. The normalized spacial score (nSPS) is 18.2. The van der Waals surface area contributed by atoms with Crippen LogP contribution in [0.15, 0.2) is 4.99 Å². The standard InChI is InChI=1S/C18H31N7O7/c1-9(17(31)32)23-15(29)12-5-3-7-25(12)16(30)11(4-2-6-22-18(20)21)24-14(28)10(19)8-13(26)27/h9-12H,2-8,19H2,1H3,(H,23,29)(H,24,28)(H,26,27)(H,31,32)(H4,20,21,22). The maximum Gasteiger partial charge on any atom is 0.325 e. The summed E-state index contributed by atoms with van der Waals surface area (Å²) >= 11 is 0. The summed E-state index contributed by atoms with van der Waals surface area (Å²) in [7, 11) is 0. The molecule has 0 aromatic carbocycles. The number of nitrogens with zero attached hydrogens (tertiary/aromatic N) is 2. The number of rotatable bonds is 12. The minimum absolute atomic E-state index is 0.109. The number of hydrogen-bond acceptors (Lipinski definition) is 7. The number of nitrogens with two attached hydrogens (primary N) is 3. The molecule has 32 heavy (non-hydrogen) atoms. The van der Waals surface area contributed by atoms with Gasteiger partial charge >= 0.3 is 11.9 Å². The van der Waals surface area contributed by atoms with Gasteiger partial charge < -0.3 is 42.9 Å². The molecule has 14 nitrogen and oxygen atoms in total. The average molecular weight is 457 g/mol. The number of carbonyl (C=O) groups is 5. The Morgan fingerprint density at radius 2 is 1.81 bits per heavy atom. The summed E-state index contributed by atoms with van der Waals surface area (Å²) < 4.78 is 0. The number of nitrogens with one attached hydrogen (secondary N) is 2. The number of carboxylic acid groups (broad SMARTS) is 2. The van der Waals surface area contributed by atoms with Crippen LogP contribution >= 0.6 is 0 Å². The lowest BCUT2D eigenvalue weighted by molar-refractivity contribution is -0.144. The highest BCUT2D eigenvalue weighted by molar-refractivity contribution is 5.95. The summed E-state index contributed by atoms with van der Waals surface area (Å²) in [6.45, 7) is 1.72. The molecule has 14 heteroatoms. The molecular formula is C18H31N7O7. The first-order valence-corrected chi connectivity index (χ1v) is 10.1. The molecule has 1 saturated heterocycles. The largest absolute Gasteiger partial charge is 0.481 e. The fraction of sp³-hybridized carbons (Fsp3) is 0.667. The Morgan fingerprint density at radius 1 is 1.16 bits per heavy atom. The number of likely N-dealkylation sites (tertiary alicyclic amines) is 1. The molecular weight excluding hydrogens is 426 g/mol. The van der Waals surface area contributed by atoms with Gasteiger partial charge in [0.1, 0.15) is 18.1 Å². The SMILES string of the molecule is CC(NC(=O)C1CCCN1C(=O)C(CCCN=C(N)N)NC(=O)C(N)CC(=O)O)C(=O)O. The molecule has 1 aliphatic heterocycles. The van der Waals surface area contributed by atoms with Gasteiger partial charge in [0.2, 0.25) is 17.7 Å². The van der Waals surface area contributed by atoms with E-state index in [-0.39, 0.29) is 25.5 Å². The van der Waals surface area contributed by atoms with Crippen LogP contribution < -0.4 is 27.8 Å². The van der Waals surface area contributed by atoms with E-state index >= 15 is 0 Å². The predicted molar refractivity (Wildman–Crippen MR) is 112 cm³/mol. The minimum atomic E-state index is -1.37. The van der Waals surface area contributed by atoms with Crippen LogP contribution in [0, 0.1) is 0 Å². The number of guanidine groups is 1. The Morgan fingerprint density at radius 3 is 2.38 bits per heavy atom. The van der Waals surface area contributed by atoms with E-state index < -0.39 is 60.2 Å². The molecule has 4 atom stereocenters. The van der Waals surface area contributed by atoms with Crippen LogP contribution in [0.2, 0.25) is 0 Å². The summed E-state index contributed by atoms with van der Waals surface area (Å²) in [5.41, 5.74) is 16.1. The molecule has 0 radical (unpaired) electrons. The minimum Gasteiger partial charge on any atom is -0.481 e. The van der Waals surface area contributed by atoms with Crippen LogP contribution in [-0.4, -0.2) is 88.0 Å². The van der Waals surface area contributed by atoms with Crippen molar-refractivity contribution in [1.29, 1.82) is 0 Å². The highest BCUT2D eigenvalue weighted by atomic mass is 16.4. The Bertz CT molecular complexity index is 754. The highest BCUT2D eigenvalue weighted by Gasteiger charge is 2.38. The van der Waals surface area contributed by atoms with Gasteiger partial charge in [-0.1, -0.05) is 0 Å². The zero-order chi connectivity index (χ0) is 24.4. The second-order valence-corrected chi connectivity index (χ2v) is 7.47. The van der Waals surface area contributed by atoms with Crippen molar-refractivity contribution in [1.82, 2.24) is 15.5 Å². The van der Waals surface area contributed by atoms with Crippen molar-refractivity contribution >= 4 is 35.6 Å². The van der Waals surface area contributed by atoms with Crippen LogP contribution in [0.5, 0.6) is 0 Å². The third-order valence-corrected chi connectivity index (χ3v) is 4.86. The second kappa shape index (κ2) is 12.4. The van der Waals surface area contributed by atoms with E-state index in [4.69, 9.17) is 27.4 Å². The molecule has 0 aromatic heterocycles. The first kappa shape index (κ1) is 26.6. The van der Waals surface area contributed by atoms with Crippen molar-refractivity contribution in [3.8, 4) is 0 Å². The van der Waals surface area contributed by atoms with Gasteiger partial charge in [0.25, 0.3) is 0 Å². The number of aliphatic imine (C=N–C) groups is 1. The summed E-state index contributed by atoms with van der Waals surface area (Å²) in [5.74, 6) is -4.62. The van der Waals surface area contributed by atoms with E-state index in [1.165, 1.54) is 11.8 Å². The summed E-state index contributed by atoms with van der Waals surface area (Å²) in [5, 5.41) is 22.6. The van der Waals surface area contributed by atoms with Gasteiger partial charge in [0.15, 0.2) is 5.96 Å². The molecule has 1 rings (SSSR count). The van der Waals surface area contributed by atoms with Crippen molar-refractivity contribution in [2.45, 2.75) is 63.2 Å². The molecule has 3 amide bonds. The molecule has 4 unspecified atom stereocenters. The highest BCUT2D eigenvalue weighted by Crippen LogP contribution is 2.20. The quantitative estimate of drug-likeness (QED) is 0.0884. The van der Waals surface area contributed by atoms with Gasteiger partial charge in [-0.2, -0.15) is 0 Å².